The van der Waals surface area contributed by atoms with Crippen molar-refractivity contribution >= 4 is 52.5 Å². The normalized spacial score (nSPS) is 15.6. The number of hydrogen-bond donors (Lipinski definition) is 2. The summed E-state index contributed by atoms with van der Waals surface area (Å²) in [5, 5.41) is 17.4. The molecule has 27 heavy (non-hydrogen) atoms. The molecule has 1 aliphatic heterocycles. The molecule has 2 amide bonds. The van der Waals surface area contributed by atoms with Crippen molar-refractivity contribution in [1.82, 2.24) is 4.90 Å². The lowest BCUT2D eigenvalue weighted by Crippen LogP contribution is -2.33. The lowest BCUT2D eigenvalue weighted by Gasteiger charge is -2.07. The van der Waals surface area contributed by atoms with Gasteiger partial charge in [0, 0.05) is 11.6 Å². The first kappa shape index (κ1) is 18.7. The summed E-state index contributed by atoms with van der Waals surface area (Å²) in [6, 6.07) is 7.20. The highest BCUT2D eigenvalue weighted by molar-refractivity contribution is 8.18. The standard InChI is InChI=1S/C17H10ClNO7S/c18-11-3-1-8(16(23)24)5-10(11)12-4-2-9(26-12)6-13-15(22)19(7-14(20)21)17(25)27-13/h1-6H,7H2,(H,20,21)(H,23,24)/b13-6+. The summed E-state index contributed by atoms with van der Waals surface area (Å²) in [5.74, 6) is -2.64. The topological polar surface area (TPSA) is 125 Å². The average molecular weight is 408 g/mol. The van der Waals surface area contributed by atoms with Gasteiger partial charge in [-0.15, -0.1) is 0 Å². The minimum Gasteiger partial charge on any atom is -0.480 e. The van der Waals surface area contributed by atoms with Gasteiger partial charge in [-0.3, -0.25) is 19.3 Å². The van der Waals surface area contributed by atoms with E-state index in [0.29, 0.717) is 22.2 Å². The molecular formula is C17H10ClNO7S. The molecule has 0 aliphatic carbocycles. The Bertz CT molecular complexity index is 1010. The third-order valence-electron chi connectivity index (χ3n) is 3.55. The van der Waals surface area contributed by atoms with Crippen LogP contribution in [0.25, 0.3) is 17.4 Å². The van der Waals surface area contributed by atoms with Gasteiger partial charge >= 0.3 is 11.9 Å². The molecule has 0 unspecified atom stereocenters. The number of aromatic carboxylic acids is 1. The summed E-state index contributed by atoms with van der Waals surface area (Å²) < 4.78 is 5.58. The molecule has 0 radical (unpaired) electrons. The minimum atomic E-state index is -1.30. The second-order valence-corrected chi connectivity index (χ2v) is 6.76. The number of furan rings is 1. The molecule has 10 heteroatoms. The fourth-order valence-corrected chi connectivity index (χ4v) is 3.35. The van der Waals surface area contributed by atoms with E-state index in [-0.39, 0.29) is 27.0 Å². The van der Waals surface area contributed by atoms with Crippen LogP contribution in [0.1, 0.15) is 16.1 Å². The van der Waals surface area contributed by atoms with E-state index in [1.165, 1.54) is 30.3 Å². The molecule has 2 aromatic rings. The Morgan fingerprint density at radius 2 is 1.93 bits per heavy atom. The van der Waals surface area contributed by atoms with Crippen molar-refractivity contribution in [2.75, 3.05) is 6.54 Å². The van der Waals surface area contributed by atoms with E-state index >= 15 is 0 Å². The molecule has 2 heterocycles. The van der Waals surface area contributed by atoms with Crippen LogP contribution in [0.3, 0.4) is 0 Å². The average Bonchev–Trinajstić information content (AvgIpc) is 3.15. The predicted molar refractivity (Wildman–Crippen MR) is 96.4 cm³/mol. The number of rotatable bonds is 5. The van der Waals surface area contributed by atoms with Crippen LogP contribution in [0.5, 0.6) is 0 Å². The molecule has 1 fully saturated rings. The van der Waals surface area contributed by atoms with E-state index in [1.54, 1.807) is 6.07 Å². The quantitative estimate of drug-likeness (QED) is 0.722. The van der Waals surface area contributed by atoms with Crippen molar-refractivity contribution in [2.24, 2.45) is 0 Å². The van der Waals surface area contributed by atoms with Gasteiger partial charge in [-0.05, 0) is 42.1 Å². The second kappa shape index (κ2) is 7.29. The Balaban J connectivity index is 1.89. The summed E-state index contributed by atoms with van der Waals surface area (Å²) in [7, 11) is 0. The number of hydrogen-bond acceptors (Lipinski definition) is 6. The van der Waals surface area contributed by atoms with Gasteiger partial charge < -0.3 is 14.6 Å². The summed E-state index contributed by atoms with van der Waals surface area (Å²) in [6.07, 6.45) is 1.31. The van der Waals surface area contributed by atoms with E-state index in [4.69, 9.17) is 26.2 Å². The van der Waals surface area contributed by atoms with Crippen LogP contribution >= 0.6 is 23.4 Å². The Morgan fingerprint density at radius 3 is 2.59 bits per heavy atom. The lowest BCUT2D eigenvalue weighted by atomic mass is 10.1. The molecular weight excluding hydrogens is 398 g/mol. The number of halogens is 1. The highest BCUT2D eigenvalue weighted by Gasteiger charge is 2.36. The monoisotopic (exact) mass is 407 g/mol. The Morgan fingerprint density at radius 1 is 1.19 bits per heavy atom. The van der Waals surface area contributed by atoms with Gasteiger partial charge in [0.25, 0.3) is 11.1 Å². The van der Waals surface area contributed by atoms with E-state index in [2.05, 4.69) is 0 Å². The number of carboxylic acid groups (broad SMARTS) is 2. The molecule has 1 saturated heterocycles. The highest BCUT2D eigenvalue weighted by Crippen LogP contribution is 2.34. The molecule has 0 saturated carbocycles. The van der Waals surface area contributed by atoms with Crippen LogP contribution in [0.4, 0.5) is 4.79 Å². The van der Waals surface area contributed by atoms with Gasteiger partial charge in [-0.2, -0.15) is 0 Å². The van der Waals surface area contributed by atoms with Crippen molar-refractivity contribution < 1.29 is 33.8 Å². The zero-order valence-corrected chi connectivity index (χ0v) is 14.9. The first-order chi connectivity index (χ1) is 12.8. The fourth-order valence-electron chi connectivity index (χ4n) is 2.32. The van der Waals surface area contributed by atoms with Crippen LogP contribution in [0.2, 0.25) is 5.02 Å². The largest absolute Gasteiger partial charge is 0.480 e. The zero-order chi connectivity index (χ0) is 19.7. The lowest BCUT2D eigenvalue weighted by molar-refractivity contribution is -0.140. The summed E-state index contributed by atoms with van der Waals surface area (Å²) >= 11 is 6.70. The third-order valence-corrected chi connectivity index (χ3v) is 4.78. The highest BCUT2D eigenvalue weighted by atomic mass is 35.5. The zero-order valence-electron chi connectivity index (χ0n) is 13.3. The van der Waals surface area contributed by atoms with Gasteiger partial charge in [-0.25, -0.2) is 4.79 Å². The van der Waals surface area contributed by atoms with Crippen molar-refractivity contribution in [2.45, 2.75) is 0 Å². The molecule has 8 nitrogen and oxygen atoms in total. The molecule has 1 aromatic carbocycles. The first-order valence-corrected chi connectivity index (χ1v) is 8.56. The van der Waals surface area contributed by atoms with Gasteiger partial charge in [0.1, 0.15) is 18.1 Å². The van der Waals surface area contributed by atoms with Gasteiger partial charge in [-0.1, -0.05) is 11.6 Å². The molecule has 1 aliphatic rings. The maximum absolute atomic E-state index is 12.1. The maximum Gasteiger partial charge on any atom is 0.335 e. The number of thioether (sulfide) groups is 1. The minimum absolute atomic E-state index is 0.0209. The SMILES string of the molecule is O=C(O)CN1C(=O)S/C(=C/c2ccc(-c3cc(C(=O)O)ccc3Cl)o2)C1=O. The maximum atomic E-state index is 12.1. The van der Waals surface area contributed by atoms with Gasteiger partial charge in [0.2, 0.25) is 0 Å². The predicted octanol–water partition coefficient (Wildman–Crippen LogP) is 3.42. The van der Waals surface area contributed by atoms with Gasteiger partial charge in [0.15, 0.2) is 0 Å². The van der Waals surface area contributed by atoms with E-state index in [9.17, 15) is 19.2 Å². The van der Waals surface area contributed by atoms with Crippen molar-refractivity contribution in [3.63, 3.8) is 0 Å². The van der Waals surface area contributed by atoms with E-state index < -0.39 is 29.6 Å². The summed E-state index contributed by atoms with van der Waals surface area (Å²) in [6.45, 7) is -0.719. The number of amides is 2. The van der Waals surface area contributed by atoms with Crippen molar-refractivity contribution in [1.29, 1.82) is 0 Å². The molecule has 0 bridgehead atoms. The molecule has 1 aromatic heterocycles. The van der Waals surface area contributed by atoms with Crippen LogP contribution in [0, 0.1) is 0 Å². The number of benzene rings is 1. The summed E-state index contributed by atoms with van der Waals surface area (Å²) in [4.78, 5) is 46.4. The first-order valence-electron chi connectivity index (χ1n) is 7.36. The van der Waals surface area contributed by atoms with E-state index in [1.807, 2.05) is 0 Å². The molecule has 0 spiro atoms. The second-order valence-electron chi connectivity index (χ2n) is 5.36. The van der Waals surface area contributed by atoms with E-state index in [0.717, 1.165) is 0 Å². The number of imide groups is 1. The summed E-state index contributed by atoms with van der Waals surface area (Å²) in [5.41, 5.74) is 0.386. The molecule has 3 rings (SSSR count). The molecule has 138 valence electrons. The van der Waals surface area contributed by atoms with Crippen LogP contribution < -0.4 is 0 Å². The number of carbonyl (C=O) groups is 4. The smallest absolute Gasteiger partial charge is 0.335 e. The Kier molecular flexibility index (Phi) is 5.06. The molecule has 2 N–H and O–H groups in total. The van der Waals surface area contributed by atoms with Crippen LogP contribution in [-0.2, 0) is 9.59 Å². The number of nitrogens with zero attached hydrogens (tertiary/aromatic N) is 1. The third kappa shape index (κ3) is 3.88. The van der Waals surface area contributed by atoms with Crippen LogP contribution in [-0.4, -0.2) is 44.7 Å². The Labute approximate surface area is 161 Å². The number of aliphatic carboxylic acids is 1. The molecule has 0 atom stereocenters. The number of carbonyl (C=O) groups excluding carboxylic acids is 2. The van der Waals surface area contributed by atoms with Crippen molar-refractivity contribution in [3.05, 3.63) is 51.6 Å². The van der Waals surface area contributed by atoms with Crippen molar-refractivity contribution in [3.8, 4) is 11.3 Å². The van der Waals surface area contributed by atoms with Gasteiger partial charge in [0.05, 0.1) is 15.5 Å². The Hall–Kier alpha value is -3.04. The number of carboxylic acids is 2. The fraction of sp³-hybridized carbons (Fsp3) is 0.0588. The van der Waals surface area contributed by atoms with Crippen LogP contribution in [0.15, 0.2) is 39.7 Å².